The third-order valence-electron chi connectivity index (χ3n) is 2.99. The van der Waals surface area contributed by atoms with Crippen molar-refractivity contribution in [2.75, 3.05) is 0 Å². The summed E-state index contributed by atoms with van der Waals surface area (Å²) in [6, 6.07) is 10.4. The lowest BCUT2D eigenvalue weighted by Gasteiger charge is -2.12. The summed E-state index contributed by atoms with van der Waals surface area (Å²) in [6.07, 6.45) is -4.63. The van der Waals surface area contributed by atoms with Crippen molar-refractivity contribution in [2.45, 2.75) is 13.1 Å². The minimum Gasteiger partial charge on any atom is -0.258 e. The second-order valence-corrected chi connectivity index (χ2v) is 4.29. The molecule has 104 valence electrons. The van der Waals surface area contributed by atoms with Gasteiger partial charge in [0.25, 0.3) is 5.69 Å². The molecule has 2 rings (SSSR count). The van der Waals surface area contributed by atoms with Gasteiger partial charge in [0.15, 0.2) is 0 Å². The predicted molar refractivity (Wildman–Crippen MR) is 68.3 cm³/mol. The summed E-state index contributed by atoms with van der Waals surface area (Å²) in [6.45, 7) is 1.11. The number of nitro benzene ring substituents is 1. The van der Waals surface area contributed by atoms with Crippen LogP contribution in [0.1, 0.15) is 11.1 Å². The molecule has 0 saturated carbocycles. The van der Waals surface area contributed by atoms with Crippen LogP contribution in [0.3, 0.4) is 0 Å². The van der Waals surface area contributed by atoms with Crippen molar-refractivity contribution in [2.24, 2.45) is 0 Å². The quantitative estimate of drug-likeness (QED) is 0.597. The van der Waals surface area contributed by atoms with Crippen LogP contribution < -0.4 is 0 Å². The predicted octanol–water partition coefficient (Wildman–Crippen LogP) is 4.59. The monoisotopic (exact) mass is 281 g/mol. The minimum atomic E-state index is -4.63. The summed E-state index contributed by atoms with van der Waals surface area (Å²) in [5, 5.41) is 10.9. The van der Waals surface area contributed by atoms with E-state index in [1.165, 1.54) is 6.07 Å². The fourth-order valence-corrected chi connectivity index (χ4v) is 1.98. The van der Waals surface area contributed by atoms with Gasteiger partial charge in [0.1, 0.15) is 0 Å². The molecule has 0 amide bonds. The fraction of sp³-hybridized carbons (Fsp3) is 0.143. The first-order chi connectivity index (χ1) is 9.30. The smallest absolute Gasteiger partial charge is 0.258 e. The zero-order chi connectivity index (χ0) is 14.9. The molecule has 2 aromatic carbocycles. The highest BCUT2D eigenvalue weighted by atomic mass is 19.4. The summed E-state index contributed by atoms with van der Waals surface area (Å²) in [7, 11) is 0. The number of rotatable bonds is 2. The van der Waals surface area contributed by atoms with Crippen molar-refractivity contribution in [3.8, 4) is 11.1 Å². The average Bonchev–Trinajstić information content (AvgIpc) is 2.38. The molecule has 0 bridgehead atoms. The zero-order valence-electron chi connectivity index (χ0n) is 10.4. The number of hydrogen-bond donors (Lipinski definition) is 0. The maximum Gasteiger partial charge on any atom is 0.416 e. The van der Waals surface area contributed by atoms with Gasteiger partial charge in [-0.3, -0.25) is 10.1 Å². The number of benzene rings is 2. The topological polar surface area (TPSA) is 43.1 Å². The van der Waals surface area contributed by atoms with E-state index in [2.05, 4.69) is 0 Å². The van der Waals surface area contributed by atoms with Crippen LogP contribution in [-0.4, -0.2) is 4.92 Å². The van der Waals surface area contributed by atoms with Gasteiger partial charge < -0.3 is 0 Å². The Morgan fingerprint density at radius 1 is 1.05 bits per heavy atom. The molecule has 0 aliphatic rings. The van der Waals surface area contributed by atoms with E-state index in [1.807, 2.05) is 0 Å². The third-order valence-corrected chi connectivity index (χ3v) is 2.99. The Hall–Kier alpha value is -2.37. The SMILES string of the molecule is Cc1c([N+](=O)[O-])cc(-c2ccccc2)cc1C(F)(F)F. The molecule has 0 aromatic heterocycles. The largest absolute Gasteiger partial charge is 0.416 e. The minimum absolute atomic E-state index is 0.176. The van der Waals surface area contributed by atoms with Crippen LogP contribution in [0.4, 0.5) is 18.9 Å². The van der Waals surface area contributed by atoms with E-state index in [9.17, 15) is 23.3 Å². The van der Waals surface area contributed by atoms with Gasteiger partial charge in [0.05, 0.1) is 10.5 Å². The molecule has 0 spiro atoms. The Labute approximate surface area is 112 Å². The highest BCUT2D eigenvalue weighted by Gasteiger charge is 2.35. The van der Waals surface area contributed by atoms with E-state index in [4.69, 9.17) is 0 Å². The summed E-state index contributed by atoms with van der Waals surface area (Å²) >= 11 is 0. The summed E-state index contributed by atoms with van der Waals surface area (Å²) in [5.41, 5.74) is -1.21. The average molecular weight is 281 g/mol. The molecule has 0 aliphatic carbocycles. The molecule has 0 radical (unpaired) electrons. The van der Waals surface area contributed by atoms with Gasteiger partial charge in [0, 0.05) is 11.6 Å². The molecule has 0 heterocycles. The molecule has 0 atom stereocenters. The highest BCUT2D eigenvalue weighted by Crippen LogP contribution is 2.38. The van der Waals surface area contributed by atoms with Crippen molar-refractivity contribution in [3.05, 3.63) is 63.7 Å². The standard InChI is InChI=1S/C14H10F3NO2/c1-9-12(14(15,16)17)7-11(8-13(9)18(19)20)10-5-3-2-4-6-10/h2-8H,1H3. The maximum absolute atomic E-state index is 13.0. The zero-order valence-corrected chi connectivity index (χ0v) is 10.4. The van der Waals surface area contributed by atoms with Crippen LogP contribution in [0.25, 0.3) is 11.1 Å². The summed E-state index contributed by atoms with van der Waals surface area (Å²) in [5.74, 6) is 0. The fourth-order valence-electron chi connectivity index (χ4n) is 1.98. The molecule has 20 heavy (non-hydrogen) atoms. The van der Waals surface area contributed by atoms with Crippen LogP contribution in [-0.2, 0) is 6.18 Å². The van der Waals surface area contributed by atoms with Crippen molar-refractivity contribution in [1.29, 1.82) is 0 Å². The van der Waals surface area contributed by atoms with Crippen molar-refractivity contribution in [3.63, 3.8) is 0 Å². The lowest BCUT2D eigenvalue weighted by atomic mass is 9.98. The van der Waals surface area contributed by atoms with E-state index in [0.717, 1.165) is 13.0 Å². The van der Waals surface area contributed by atoms with E-state index >= 15 is 0 Å². The molecule has 0 aliphatic heterocycles. The van der Waals surface area contributed by atoms with Crippen LogP contribution in [0.2, 0.25) is 0 Å². The molecule has 0 unspecified atom stereocenters. The second kappa shape index (κ2) is 4.96. The molecular formula is C14H10F3NO2. The Morgan fingerprint density at radius 3 is 2.15 bits per heavy atom. The number of nitrogens with zero attached hydrogens (tertiary/aromatic N) is 1. The Balaban J connectivity index is 2.72. The van der Waals surface area contributed by atoms with E-state index < -0.39 is 22.4 Å². The molecule has 0 N–H and O–H groups in total. The van der Waals surface area contributed by atoms with Crippen LogP contribution in [0.15, 0.2) is 42.5 Å². The van der Waals surface area contributed by atoms with E-state index in [1.54, 1.807) is 30.3 Å². The number of hydrogen-bond acceptors (Lipinski definition) is 2. The normalized spacial score (nSPS) is 11.4. The maximum atomic E-state index is 13.0. The van der Waals surface area contributed by atoms with Crippen LogP contribution >= 0.6 is 0 Å². The number of alkyl halides is 3. The van der Waals surface area contributed by atoms with E-state index in [0.29, 0.717) is 5.56 Å². The molecule has 0 saturated heterocycles. The summed E-state index contributed by atoms with van der Waals surface area (Å²) < 4.78 is 38.9. The van der Waals surface area contributed by atoms with Gasteiger partial charge in [-0.2, -0.15) is 13.2 Å². The molecule has 0 fully saturated rings. The Bertz CT molecular complexity index is 651. The van der Waals surface area contributed by atoms with Crippen molar-refractivity contribution >= 4 is 5.69 Å². The van der Waals surface area contributed by atoms with Crippen molar-refractivity contribution in [1.82, 2.24) is 0 Å². The van der Waals surface area contributed by atoms with Gasteiger partial charge in [-0.05, 0) is 24.1 Å². The third kappa shape index (κ3) is 2.64. The van der Waals surface area contributed by atoms with Gasteiger partial charge in [0.2, 0.25) is 0 Å². The lowest BCUT2D eigenvalue weighted by molar-refractivity contribution is -0.385. The lowest BCUT2D eigenvalue weighted by Crippen LogP contribution is -2.09. The van der Waals surface area contributed by atoms with Crippen molar-refractivity contribution < 1.29 is 18.1 Å². The first-order valence-electron chi connectivity index (χ1n) is 5.72. The van der Waals surface area contributed by atoms with Gasteiger partial charge in [-0.1, -0.05) is 30.3 Å². The van der Waals surface area contributed by atoms with Gasteiger partial charge in [-0.25, -0.2) is 0 Å². The van der Waals surface area contributed by atoms with Crippen LogP contribution in [0, 0.1) is 17.0 Å². The molecule has 3 nitrogen and oxygen atoms in total. The van der Waals surface area contributed by atoms with Gasteiger partial charge >= 0.3 is 6.18 Å². The number of halogens is 3. The summed E-state index contributed by atoms with van der Waals surface area (Å²) in [4.78, 5) is 10.1. The molecule has 2 aromatic rings. The second-order valence-electron chi connectivity index (χ2n) is 4.29. The molecule has 6 heteroatoms. The van der Waals surface area contributed by atoms with Crippen LogP contribution in [0.5, 0.6) is 0 Å². The molecular weight excluding hydrogens is 271 g/mol. The Kier molecular flexibility index (Phi) is 3.48. The number of nitro groups is 1. The highest BCUT2D eigenvalue weighted by molar-refractivity contribution is 5.69. The van der Waals surface area contributed by atoms with Gasteiger partial charge in [-0.15, -0.1) is 0 Å². The first kappa shape index (κ1) is 14.0. The first-order valence-corrected chi connectivity index (χ1v) is 5.72. The van der Waals surface area contributed by atoms with E-state index in [-0.39, 0.29) is 11.1 Å². The Morgan fingerprint density at radius 2 is 1.65 bits per heavy atom.